The topological polar surface area (TPSA) is 70.4 Å². The number of rotatable bonds is 6. The summed E-state index contributed by atoms with van der Waals surface area (Å²) >= 11 is 1.42. The predicted octanol–water partition coefficient (Wildman–Crippen LogP) is 4.03. The first kappa shape index (κ1) is 19.3. The zero-order chi connectivity index (χ0) is 20.4. The van der Waals surface area contributed by atoms with Crippen molar-refractivity contribution in [2.75, 3.05) is 20.3 Å². The average Bonchev–Trinajstić information content (AvgIpc) is 3.18. The van der Waals surface area contributed by atoms with E-state index in [9.17, 15) is 9.59 Å². The van der Waals surface area contributed by atoms with Gasteiger partial charge in [0.1, 0.15) is 17.5 Å². The Morgan fingerprint density at radius 1 is 1.17 bits per heavy atom. The Morgan fingerprint density at radius 2 is 1.97 bits per heavy atom. The molecule has 0 fully saturated rings. The molecule has 0 bridgehead atoms. The number of carbonyl (C=O) groups excluding carboxylic acids is 1. The second kappa shape index (κ2) is 8.14. The maximum atomic E-state index is 13.2. The van der Waals surface area contributed by atoms with E-state index in [2.05, 4.69) is 17.1 Å². The smallest absolute Gasteiger partial charge is 0.329 e. The summed E-state index contributed by atoms with van der Waals surface area (Å²) < 4.78 is 11.4. The molecule has 2 aromatic heterocycles. The van der Waals surface area contributed by atoms with Crippen LogP contribution in [0.1, 0.15) is 13.0 Å². The van der Waals surface area contributed by atoms with Gasteiger partial charge in [-0.1, -0.05) is 36.4 Å². The minimum atomic E-state index is -0.777. The van der Waals surface area contributed by atoms with Crippen LogP contribution >= 0.6 is 11.3 Å². The zero-order valence-electron chi connectivity index (χ0n) is 16.1. The van der Waals surface area contributed by atoms with Crippen LogP contribution in [0.4, 0.5) is 0 Å². The number of ether oxygens (including phenoxy) is 2. The van der Waals surface area contributed by atoms with E-state index in [0.717, 1.165) is 21.9 Å². The molecule has 0 aliphatic carbocycles. The van der Waals surface area contributed by atoms with E-state index in [1.165, 1.54) is 29.3 Å². The molecule has 0 N–H and O–H groups in total. The molecule has 1 unspecified atom stereocenters. The van der Waals surface area contributed by atoms with E-state index in [0.29, 0.717) is 16.8 Å². The van der Waals surface area contributed by atoms with Crippen LogP contribution in [0.25, 0.3) is 32.1 Å². The molecule has 148 valence electrons. The Morgan fingerprint density at radius 3 is 2.76 bits per heavy atom. The van der Waals surface area contributed by atoms with Crippen molar-refractivity contribution in [2.45, 2.75) is 13.0 Å². The maximum Gasteiger partial charge on any atom is 0.329 e. The molecule has 6 nitrogen and oxygen atoms in total. The normalized spacial score (nSPS) is 12.3. The SMILES string of the molecule is COCCOC(=O)C(C)n1cnc2scc(-c3ccc4ccccc4c3)c2c1=O. The van der Waals surface area contributed by atoms with Crippen LogP contribution in [-0.2, 0) is 14.3 Å². The van der Waals surface area contributed by atoms with Crippen molar-refractivity contribution < 1.29 is 14.3 Å². The van der Waals surface area contributed by atoms with Crippen LogP contribution in [0.3, 0.4) is 0 Å². The number of benzene rings is 2. The molecule has 29 heavy (non-hydrogen) atoms. The number of fused-ring (bicyclic) bond motifs is 2. The number of nitrogens with zero attached hydrogens (tertiary/aromatic N) is 2. The molecule has 0 radical (unpaired) electrons. The monoisotopic (exact) mass is 408 g/mol. The molecule has 2 aromatic carbocycles. The fraction of sp³-hybridized carbons (Fsp3) is 0.227. The summed E-state index contributed by atoms with van der Waals surface area (Å²) in [7, 11) is 1.53. The number of esters is 1. The van der Waals surface area contributed by atoms with E-state index >= 15 is 0 Å². The van der Waals surface area contributed by atoms with Gasteiger partial charge in [0, 0.05) is 18.1 Å². The lowest BCUT2D eigenvalue weighted by molar-refractivity contribution is -0.148. The van der Waals surface area contributed by atoms with Gasteiger partial charge in [-0.15, -0.1) is 11.3 Å². The third kappa shape index (κ3) is 3.66. The summed E-state index contributed by atoms with van der Waals surface area (Å²) in [6.45, 7) is 2.08. The standard InChI is InChI=1S/C22H20N2O4S/c1-14(22(26)28-10-9-27-2)24-13-23-20-19(21(24)25)18(12-29-20)17-8-7-15-5-3-4-6-16(15)11-17/h3-8,11-14H,9-10H2,1-2H3. The Hall–Kier alpha value is -3.03. The second-order valence-electron chi connectivity index (χ2n) is 6.68. The van der Waals surface area contributed by atoms with Crippen LogP contribution in [0, 0.1) is 0 Å². The van der Waals surface area contributed by atoms with Gasteiger partial charge in [-0.25, -0.2) is 9.78 Å². The predicted molar refractivity (Wildman–Crippen MR) is 114 cm³/mol. The van der Waals surface area contributed by atoms with E-state index in [4.69, 9.17) is 9.47 Å². The lowest BCUT2D eigenvalue weighted by Gasteiger charge is -2.14. The Kier molecular flexibility index (Phi) is 5.42. The molecule has 4 rings (SSSR count). The quantitative estimate of drug-likeness (QED) is 0.356. The van der Waals surface area contributed by atoms with Gasteiger partial charge >= 0.3 is 5.97 Å². The van der Waals surface area contributed by atoms with Crippen LogP contribution in [-0.4, -0.2) is 35.8 Å². The summed E-state index contributed by atoms with van der Waals surface area (Å²) in [4.78, 5) is 30.6. The minimum Gasteiger partial charge on any atom is -0.462 e. The van der Waals surface area contributed by atoms with Gasteiger partial charge in [0.05, 0.1) is 18.3 Å². The van der Waals surface area contributed by atoms with E-state index in [1.807, 2.05) is 35.7 Å². The van der Waals surface area contributed by atoms with Gasteiger partial charge in [-0.05, 0) is 29.3 Å². The number of methoxy groups -OCH3 is 1. The third-order valence-electron chi connectivity index (χ3n) is 4.87. The highest BCUT2D eigenvalue weighted by molar-refractivity contribution is 7.17. The Balaban J connectivity index is 1.76. The van der Waals surface area contributed by atoms with E-state index in [-0.39, 0.29) is 12.2 Å². The van der Waals surface area contributed by atoms with Crippen LogP contribution in [0.2, 0.25) is 0 Å². The van der Waals surface area contributed by atoms with Crippen molar-refractivity contribution in [2.24, 2.45) is 0 Å². The number of hydrogen-bond donors (Lipinski definition) is 0. The van der Waals surface area contributed by atoms with Gasteiger partial charge in [0.25, 0.3) is 5.56 Å². The Bertz CT molecular complexity index is 1240. The number of hydrogen-bond acceptors (Lipinski definition) is 6. The molecular formula is C22H20N2O4S. The molecule has 7 heteroatoms. The highest BCUT2D eigenvalue weighted by atomic mass is 32.1. The van der Waals surface area contributed by atoms with Gasteiger partial charge in [-0.2, -0.15) is 0 Å². The lowest BCUT2D eigenvalue weighted by Crippen LogP contribution is -2.30. The molecular weight excluding hydrogens is 388 g/mol. The zero-order valence-corrected chi connectivity index (χ0v) is 16.9. The summed E-state index contributed by atoms with van der Waals surface area (Å²) in [5, 5.41) is 4.70. The summed E-state index contributed by atoms with van der Waals surface area (Å²) in [5.74, 6) is -0.493. The van der Waals surface area contributed by atoms with Crippen molar-refractivity contribution in [1.29, 1.82) is 0 Å². The second-order valence-corrected chi connectivity index (χ2v) is 7.54. The van der Waals surface area contributed by atoms with Crippen LogP contribution in [0.5, 0.6) is 0 Å². The van der Waals surface area contributed by atoms with Gasteiger partial charge in [-0.3, -0.25) is 9.36 Å². The molecule has 4 aromatic rings. The molecule has 0 aliphatic heterocycles. The molecule has 2 heterocycles. The minimum absolute atomic E-state index is 0.144. The van der Waals surface area contributed by atoms with Gasteiger partial charge in [0.15, 0.2) is 0 Å². The molecule has 0 spiro atoms. The third-order valence-corrected chi connectivity index (χ3v) is 5.76. The summed E-state index contributed by atoms with van der Waals surface area (Å²) in [5.41, 5.74) is 1.51. The van der Waals surface area contributed by atoms with Gasteiger partial charge < -0.3 is 9.47 Å². The molecule has 1 atom stereocenters. The van der Waals surface area contributed by atoms with Crippen LogP contribution in [0.15, 0.2) is 59.0 Å². The number of carbonyl (C=O) groups is 1. The first-order chi connectivity index (χ1) is 14.1. The van der Waals surface area contributed by atoms with Crippen molar-refractivity contribution in [3.05, 3.63) is 64.5 Å². The lowest BCUT2D eigenvalue weighted by atomic mass is 10.0. The summed E-state index contributed by atoms with van der Waals surface area (Å²) in [6.07, 6.45) is 1.41. The largest absolute Gasteiger partial charge is 0.462 e. The van der Waals surface area contributed by atoms with Crippen LogP contribution < -0.4 is 5.56 Å². The molecule has 0 saturated heterocycles. The van der Waals surface area contributed by atoms with Crippen molar-refractivity contribution in [1.82, 2.24) is 9.55 Å². The van der Waals surface area contributed by atoms with Crippen molar-refractivity contribution in [3.63, 3.8) is 0 Å². The fourth-order valence-corrected chi connectivity index (χ4v) is 4.16. The highest BCUT2D eigenvalue weighted by Crippen LogP contribution is 2.32. The number of aromatic nitrogens is 2. The summed E-state index contributed by atoms with van der Waals surface area (Å²) in [6, 6.07) is 13.4. The number of thiophene rings is 1. The van der Waals surface area contributed by atoms with Crippen molar-refractivity contribution in [3.8, 4) is 11.1 Å². The first-order valence-electron chi connectivity index (χ1n) is 9.23. The van der Waals surface area contributed by atoms with Gasteiger partial charge in [0.2, 0.25) is 0 Å². The first-order valence-corrected chi connectivity index (χ1v) is 10.1. The van der Waals surface area contributed by atoms with Crippen molar-refractivity contribution >= 4 is 38.3 Å². The molecule has 0 saturated carbocycles. The van der Waals surface area contributed by atoms with E-state index < -0.39 is 12.0 Å². The molecule has 0 aliphatic rings. The molecule has 0 amide bonds. The Labute approximate surface area is 171 Å². The fourth-order valence-electron chi connectivity index (χ4n) is 3.25. The maximum absolute atomic E-state index is 13.2. The highest BCUT2D eigenvalue weighted by Gasteiger charge is 2.21. The van der Waals surface area contributed by atoms with E-state index in [1.54, 1.807) is 6.92 Å². The average molecular weight is 408 g/mol.